The Morgan fingerprint density at radius 1 is 1.11 bits per heavy atom. The lowest BCUT2D eigenvalue weighted by molar-refractivity contribution is 0.578. The van der Waals surface area contributed by atoms with Crippen molar-refractivity contribution in [2.45, 2.75) is 6.54 Å². The number of pyridine rings is 1. The van der Waals surface area contributed by atoms with E-state index in [2.05, 4.69) is 15.6 Å². The molecule has 0 bridgehead atoms. The highest BCUT2D eigenvalue weighted by atomic mass is 35.5. The molecule has 0 aliphatic carbocycles. The summed E-state index contributed by atoms with van der Waals surface area (Å²) in [6.07, 6.45) is 0. The first-order valence-electron chi connectivity index (χ1n) is 5.62. The standard InChI is InChI=1S/C13H12ClF2N3/c1-17-12-10(15)6-11(16)13(19-12)18-7-8-2-4-9(14)5-3-8/h2-6H,7H2,1H3,(H2,17,18,19). The molecule has 0 fully saturated rings. The summed E-state index contributed by atoms with van der Waals surface area (Å²) in [5.74, 6) is -1.46. The second kappa shape index (κ2) is 5.84. The molecule has 6 heteroatoms. The van der Waals surface area contributed by atoms with Gasteiger partial charge in [-0.15, -0.1) is 0 Å². The average molecular weight is 284 g/mol. The largest absolute Gasteiger partial charge is 0.371 e. The predicted molar refractivity (Wildman–Crippen MR) is 72.5 cm³/mol. The Morgan fingerprint density at radius 3 is 2.37 bits per heavy atom. The molecular formula is C13H12ClF2N3. The molecule has 2 N–H and O–H groups in total. The van der Waals surface area contributed by atoms with E-state index in [4.69, 9.17) is 11.6 Å². The molecule has 0 unspecified atom stereocenters. The Balaban J connectivity index is 2.13. The minimum atomic E-state index is -0.731. The Bertz CT molecular complexity index is 573. The molecule has 0 saturated carbocycles. The van der Waals surface area contributed by atoms with Gasteiger partial charge in [-0.1, -0.05) is 23.7 Å². The predicted octanol–water partition coefficient (Wildman–Crippen LogP) is 3.67. The van der Waals surface area contributed by atoms with Crippen LogP contribution in [0.3, 0.4) is 0 Å². The highest BCUT2D eigenvalue weighted by Crippen LogP contribution is 2.19. The van der Waals surface area contributed by atoms with Crippen molar-refractivity contribution in [1.29, 1.82) is 0 Å². The van der Waals surface area contributed by atoms with Gasteiger partial charge in [0.2, 0.25) is 0 Å². The van der Waals surface area contributed by atoms with Crippen LogP contribution in [0.1, 0.15) is 5.56 Å². The lowest BCUT2D eigenvalue weighted by atomic mass is 10.2. The number of nitrogens with one attached hydrogen (secondary N) is 2. The van der Waals surface area contributed by atoms with E-state index >= 15 is 0 Å². The first-order valence-corrected chi connectivity index (χ1v) is 6.00. The molecule has 1 aromatic carbocycles. The molecule has 1 aromatic heterocycles. The quantitative estimate of drug-likeness (QED) is 0.899. The van der Waals surface area contributed by atoms with Gasteiger partial charge in [0.25, 0.3) is 0 Å². The number of anilines is 2. The van der Waals surface area contributed by atoms with E-state index in [0.717, 1.165) is 11.6 Å². The van der Waals surface area contributed by atoms with Crippen molar-refractivity contribution in [2.75, 3.05) is 17.7 Å². The first-order chi connectivity index (χ1) is 9.10. The van der Waals surface area contributed by atoms with Gasteiger partial charge in [0.15, 0.2) is 23.3 Å². The summed E-state index contributed by atoms with van der Waals surface area (Å²) in [7, 11) is 1.52. The molecule has 100 valence electrons. The maximum Gasteiger partial charge on any atom is 0.168 e. The van der Waals surface area contributed by atoms with Gasteiger partial charge in [0.05, 0.1) is 0 Å². The zero-order valence-electron chi connectivity index (χ0n) is 10.2. The fraction of sp³-hybridized carbons (Fsp3) is 0.154. The van der Waals surface area contributed by atoms with Crippen molar-refractivity contribution in [3.63, 3.8) is 0 Å². The zero-order valence-corrected chi connectivity index (χ0v) is 10.9. The maximum absolute atomic E-state index is 13.5. The third-order valence-electron chi connectivity index (χ3n) is 2.54. The van der Waals surface area contributed by atoms with Crippen LogP contribution in [-0.2, 0) is 6.54 Å². The third-order valence-corrected chi connectivity index (χ3v) is 2.79. The van der Waals surface area contributed by atoms with Gasteiger partial charge in [-0.25, -0.2) is 13.8 Å². The molecule has 2 rings (SSSR count). The van der Waals surface area contributed by atoms with Gasteiger partial charge in [-0.3, -0.25) is 0 Å². The Kier molecular flexibility index (Phi) is 4.16. The van der Waals surface area contributed by atoms with E-state index in [-0.39, 0.29) is 11.6 Å². The van der Waals surface area contributed by atoms with E-state index in [1.165, 1.54) is 7.05 Å². The Morgan fingerprint density at radius 2 is 1.74 bits per heavy atom. The molecule has 19 heavy (non-hydrogen) atoms. The summed E-state index contributed by atoms with van der Waals surface area (Å²) in [4.78, 5) is 3.82. The van der Waals surface area contributed by atoms with Crippen LogP contribution in [0.25, 0.3) is 0 Å². The van der Waals surface area contributed by atoms with Crippen molar-refractivity contribution in [3.05, 3.63) is 52.6 Å². The average Bonchev–Trinajstić information content (AvgIpc) is 2.40. The van der Waals surface area contributed by atoms with Crippen LogP contribution in [0.5, 0.6) is 0 Å². The van der Waals surface area contributed by atoms with Crippen molar-refractivity contribution >= 4 is 23.2 Å². The van der Waals surface area contributed by atoms with Crippen molar-refractivity contribution in [3.8, 4) is 0 Å². The number of rotatable bonds is 4. The van der Waals surface area contributed by atoms with E-state index < -0.39 is 11.6 Å². The molecule has 0 aliphatic heterocycles. The van der Waals surface area contributed by atoms with Crippen LogP contribution in [0.4, 0.5) is 20.4 Å². The lowest BCUT2D eigenvalue weighted by Gasteiger charge is -2.09. The van der Waals surface area contributed by atoms with Crippen LogP contribution in [-0.4, -0.2) is 12.0 Å². The topological polar surface area (TPSA) is 37.0 Å². The minimum Gasteiger partial charge on any atom is -0.371 e. The van der Waals surface area contributed by atoms with Gasteiger partial charge in [-0.2, -0.15) is 0 Å². The van der Waals surface area contributed by atoms with Gasteiger partial charge in [0.1, 0.15) is 0 Å². The zero-order chi connectivity index (χ0) is 13.8. The Labute approximate surface area is 114 Å². The molecule has 0 amide bonds. The highest BCUT2D eigenvalue weighted by Gasteiger charge is 2.10. The molecule has 0 aliphatic rings. The molecule has 0 atom stereocenters. The van der Waals surface area contributed by atoms with E-state index in [1.807, 2.05) is 12.1 Å². The van der Waals surface area contributed by atoms with Crippen molar-refractivity contribution < 1.29 is 8.78 Å². The van der Waals surface area contributed by atoms with Gasteiger partial charge < -0.3 is 10.6 Å². The van der Waals surface area contributed by atoms with Gasteiger partial charge >= 0.3 is 0 Å². The summed E-state index contributed by atoms with van der Waals surface area (Å²) in [6.45, 7) is 0.371. The first kappa shape index (κ1) is 13.5. The number of hydrogen-bond acceptors (Lipinski definition) is 3. The molecule has 0 radical (unpaired) electrons. The van der Waals surface area contributed by atoms with Crippen LogP contribution in [0.15, 0.2) is 30.3 Å². The van der Waals surface area contributed by atoms with E-state index in [9.17, 15) is 8.78 Å². The van der Waals surface area contributed by atoms with Gasteiger partial charge in [-0.05, 0) is 17.7 Å². The number of nitrogens with zero attached hydrogens (tertiary/aromatic N) is 1. The molecule has 3 nitrogen and oxygen atoms in total. The molecule has 0 spiro atoms. The molecular weight excluding hydrogens is 272 g/mol. The van der Waals surface area contributed by atoms with Crippen LogP contribution >= 0.6 is 11.6 Å². The van der Waals surface area contributed by atoms with Crippen LogP contribution < -0.4 is 10.6 Å². The summed E-state index contributed by atoms with van der Waals surface area (Å²) in [6, 6.07) is 7.91. The number of hydrogen-bond donors (Lipinski definition) is 2. The summed E-state index contributed by atoms with van der Waals surface area (Å²) in [5.41, 5.74) is 0.918. The molecule has 2 aromatic rings. The Hall–Kier alpha value is -1.88. The molecule has 1 heterocycles. The highest BCUT2D eigenvalue weighted by molar-refractivity contribution is 6.30. The SMILES string of the molecule is CNc1nc(NCc2ccc(Cl)cc2)c(F)cc1F. The third kappa shape index (κ3) is 3.32. The second-order valence-electron chi connectivity index (χ2n) is 3.88. The summed E-state index contributed by atoms with van der Waals surface area (Å²) in [5, 5.41) is 6.00. The van der Waals surface area contributed by atoms with Crippen molar-refractivity contribution in [2.24, 2.45) is 0 Å². The van der Waals surface area contributed by atoms with Crippen molar-refractivity contribution in [1.82, 2.24) is 4.98 Å². The monoisotopic (exact) mass is 283 g/mol. The van der Waals surface area contributed by atoms with Crippen LogP contribution in [0, 0.1) is 11.6 Å². The van der Waals surface area contributed by atoms with Gasteiger partial charge in [0, 0.05) is 24.7 Å². The summed E-state index contributed by atoms with van der Waals surface area (Å²) < 4.78 is 26.8. The smallest absolute Gasteiger partial charge is 0.168 e. The van der Waals surface area contributed by atoms with E-state index in [1.54, 1.807) is 12.1 Å². The summed E-state index contributed by atoms with van der Waals surface area (Å²) >= 11 is 5.77. The van der Waals surface area contributed by atoms with Crippen LogP contribution in [0.2, 0.25) is 5.02 Å². The lowest BCUT2D eigenvalue weighted by Crippen LogP contribution is -2.07. The fourth-order valence-electron chi connectivity index (χ4n) is 1.55. The van der Waals surface area contributed by atoms with E-state index in [0.29, 0.717) is 11.6 Å². The number of aromatic nitrogens is 1. The minimum absolute atomic E-state index is 0.00000567. The number of halogens is 3. The number of benzene rings is 1. The molecule has 0 saturated heterocycles. The maximum atomic E-state index is 13.5. The second-order valence-corrected chi connectivity index (χ2v) is 4.32. The fourth-order valence-corrected chi connectivity index (χ4v) is 1.68. The normalized spacial score (nSPS) is 10.3.